The molecule has 0 aliphatic heterocycles. The smallest absolute Gasteiger partial charge is 0.303 e. The molecule has 0 bridgehead atoms. The third-order valence-electron chi connectivity index (χ3n) is 3.59. The molecule has 0 aromatic heterocycles. The molecule has 0 saturated heterocycles. The van der Waals surface area contributed by atoms with Crippen LogP contribution in [0.4, 0.5) is 0 Å². The number of rotatable bonds is 13. The molecule has 0 aliphatic carbocycles. The Hall–Kier alpha value is -1.71. The van der Waals surface area contributed by atoms with Crippen LogP contribution in [0.3, 0.4) is 0 Å². The number of carbonyl (C=O) groups is 1. The van der Waals surface area contributed by atoms with Crippen LogP contribution in [0.1, 0.15) is 57.8 Å². The highest BCUT2D eigenvalue weighted by molar-refractivity contribution is 5.66. The zero-order valence-corrected chi connectivity index (χ0v) is 13.6. The molecule has 0 heterocycles. The van der Waals surface area contributed by atoms with Gasteiger partial charge in [0.2, 0.25) is 0 Å². The van der Waals surface area contributed by atoms with Crippen LogP contribution in [-0.4, -0.2) is 24.8 Å². The number of hydrogen-bond donors (Lipinski definition) is 1. The minimum absolute atomic E-state index is 0.307. The van der Waals surface area contributed by atoms with E-state index in [0.717, 1.165) is 43.8 Å². The largest absolute Gasteiger partial charge is 0.497 e. The van der Waals surface area contributed by atoms with Gasteiger partial charge in [-0.3, -0.25) is 4.79 Å². The van der Waals surface area contributed by atoms with Gasteiger partial charge < -0.3 is 14.6 Å². The normalized spacial score (nSPS) is 10.4. The lowest BCUT2D eigenvalue weighted by molar-refractivity contribution is -0.137. The summed E-state index contributed by atoms with van der Waals surface area (Å²) in [4.78, 5) is 10.4. The second-order valence-corrected chi connectivity index (χ2v) is 5.50. The van der Waals surface area contributed by atoms with Gasteiger partial charge in [-0.1, -0.05) is 44.6 Å². The summed E-state index contributed by atoms with van der Waals surface area (Å²) in [5.41, 5.74) is 0. The fourth-order valence-electron chi connectivity index (χ4n) is 2.32. The number of ether oxygens (including phenoxy) is 2. The number of carboxylic acid groups (broad SMARTS) is 1. The molecule has 0 aliphatic rings. The number of methoxy groups -OCH3 is 1. The van der Waals surface area contributed by atoms with Crippen molar-refractivity contribution >= 4 is 5.97 Å². The Morgan fingerprint density at radius 2 is 1.55 bits per heavy atom. The van der Waals surface area contributed by atoms with Crippen molar-refractivity contribution in [1.82, 2.24) is 0 Å². The van der Waals surface area contributed by atoms with Crippen LogP contribution in [0.25, 0.3) is 0 Å². The average Bonchev–Trinajstić information content (AvgIpc) is 2.52. The molecule has 124 valence electrons. The summed E-state index contributed by atoms with van der Waals surface area (Å²) in [7, 11) is 1.65. The van der Waals surface area contributed by atoms with Gasteiger partial charge in [0, 0.05) is 12.5 Å². The van der Waals surface area contributed by atoms with E-state index in [9.17, 15) is 4.79 Å². The fraction of sp³-hybridized carbons (Fsp3) is 0.611. The minimum Gasteiger partial charge on any atom is -0.497 e. The molecular weight excluding hydrogens is 280 g/mol. The molecule has 0 amide bonds. The van der Waals surface area contributed by atoms with Crippen LogP contribution in [0.15, 0.2) is 24.3 Å². The third-order valence-corrected chi connectivity index (χ3v) is 3.59. The number of aliphatic carboxylic acids is 1. The van der Waals surface area contributed by atoms with Crippen molar-refractivity contribution in [2.24, 2.45) is 0 Å². The van der Waals surface area contributed by atoms with E-state index in [1.807, 2.05) is 24.3 Å². The van der Waals surface area contributed by atoms with Gasteiger partial charge in [-0.2, -0.15) is 0 Å². The summed E-state index contributed by atoms with van der Waals surface area (Å²) in [6, 6.07) is 7.68. The maximum absolute atomic E-state index is 10.4. The lowest BCUT2D eigenvalue weighted by Crippen LogP contribution is -1.97. The zero-order valence-electron chi connectivity index (χ0n) is 13.6. The molecule has 22 heavy (non-hydrogen) atoms. The molecular formula is C18H28O4. The molecule has 1 aromatic rings. The molecule has 0 fully saturated rings. The van der Waals surface area contributed by atoms with E-state index in [1.54, 1.807) is 7.11 Å². The van der Waals surface area contributed by atoms with Crippen molar-refractivity contribution < 1.29 is 19.4 Å². The van der Waals surface area contributed by atoms with Crippen molar-refractivity contribution in [2.45, 2.75) is 57.8 Å². The van der Waals surface area contributed by atoms with Crippen LogP contribution >= 0.6 is 0 Å². The third kappa shape index (κ3) is 9.27. The summed E-state index contributed by atoms with van der Waals surface area (Å²) < 4.78 is 10.9. The summed E-state index contributed by atoms with van der Waals surface area (Å²) in [6.07, 6.45) is 9.20. The highest BCUT2D eigenvalue weighted by Crippen LogP contribution is 2.19. The predicted molar refractivity (Wildman–Crippen MR) is 87.7 cm³/mol. The molecule has 4 nitrogen and oxygen atoms in total. The highest BCUT2D eigenvalue weighted by Gasteiger charge is 1.98. The van der Waals surface area contributed by atoms with Gasteiger partial charge in [-0.15, -0.1) is 0 Å². The first-order chi connectivity index (χ1) is 10.7. The average molecular weight is 308 g/mol. The van der Waals surface area contributed by atoms with E-state index in [4.69, 9.17) is 14.6 Å². The van der Waals surface area contributed by atoms with Crippen LogP contribution in [0.5, 0.6) is 11.5 Å². The van der Waals surface area contributed by atoms with Gasteiger partial charge in [0.1, 0.15) is 11.5 Å². The highest BCUT2D eigenvalue weighted by atomic mass is 16.5. The Balaban J connectivity index is 1.90. The van der Waals surface area contributed by atoms with Crippen molar-refractivity contribution in [1.29, 1.82) is 0 Å². The van der Waals surface area contributed by atoms with Gasteiger partial charge in [-0.25, -0.2) is 0 Å². The molecule has 0 saturated carbocycles. The summed E-state index contributed by atoms with van der Waals surface area (Å²) in [5.74, 6) is 0.995. The second kappa shape index (κ2) is 11.9. The van der Waals surface area contributed by atoms with E-state index >= 15 is 0 Å². The Morgan fingerprint density at radius 1 is 0.955 bits per heavy atom. The SMILES string of the molecule is COc1cccc(OCCCCCCCCCCC(=O)O)c1. The first-order valence-corrected chi connectivity index (χ1v) is 8.21. The van der Waals surface area contributed by atoms with Crippen molar-refractivity contribution in [3.8, 4) is 11.5 Å². The lowest BCUT2D eigenvalue weighted by Gasteiger charge is -2.07. The first-order valence-electron chi connectivity index (χ1n) is 8.21. The monoisotopic (exact) mass is 308 g/mol. The van der Waals surface area contributed by atoms with E-state index in [-0.39, 0.29) is 0 Å². The molecule has 1 rings (SSSR count). The van der Waals surface area contributed by atoms with Crippen LogP contribution in [0.2, 0.25) is 0 Å². The van der Waals surface area contributed by atoms with Crippen LogP contribution in [0, 0.1) is 0 Å². The quantitative estimate of drug-likeness (QED) is 0.538. The Labute approximate surface area is 133 Å². The van der Waals surface area contributed by atoms with Gasteiger partial charge in [0.15, 0.2) is 0 Å². The van der Waals surface area contributed by atoms with Crippen LogP contribution < -0.4 is 9.47 Å². The van der Waals surface area contributed by atoms with Crippen molar-refractivity contribution in [3.63, 3.8) is 0 Å². The van der Waals surface area contributed by atoms with Crippen molar-refractivity contribution in [2.75, 3.05) is 13.7 Å². The maximum Gasteiger partial charge on any atom is 0.303 e. The summed E-state index contributed by atoms with van der Waals surface area (Å²) >= 11 is 0. The topological polar surface area (TPSA) is 55.8 Å². The van der Waals surface area contributed by atoms with E-state index in [2.05, 4.69) is 0 Å². The molecule has 1 N–H and O–H groups in total. The zero-order chi connectivity index (χ0) is 16.0. The molecule has 1 aromatic carbocycles. The second-order valence-electron chi connectivity index (χ2n) is 5.50. The maximum atomic E-state index is 10.4. The Kier molecular flexibility index (Phi) is 9.92. The molecule has 4 heteroatoms. The minimum atomic E-state index is -0.684. The van der Waals surface area contributed by atoms with Gasteiger partial charge >= 0.3 is 5.97 Å². The summed E-state index contributed by atoms with van der Waals surface area (Å²) in [5, 5.41) is 8.53. The molecule has 0 radical (unpaired) electrons. The predicted octanol–water partition coefficient (Wildman–Crippen LogP) is 4.67. The Bertz CT molecular complexity index is 417. The molecule has 0 atom stereocenters. The number of hydrogen-bond acceptors (Lipinski definition) is 3. The first kappa shape index (κ1) is 18.3. The summed E-state index contributed by atoms with van der Waals surface area (Å²) in [6.45, 7) is 0.742. The number of carboxylic acids is 1. The van der Waals surface area contributed by atoms with Gasteiger partial charge in [0.05, 0.1) is 13.7 Å². The van der Waals surface area contributed by atoms with Gasteiger partial charge in [-0.05, 0) is 25.0 Å². The van der Waals surface area contributed by atoms with Gasteiger partial charge in [0.25, 0.3) is 0 Å². The van der Waals surface area contributed by atoms with E-state index in [0.29, 0.717) is 6.42 Å². The van der Waals surface area contributed by atoms with Crippen molar-refractivity contribution in [3.05, 3.63) is 24.3 Å². The van der Waals surface area contributed by atoms with Crippen LogP contribution in [-0.2, 0) is 4.79 Å². The standard InChI is InChI=1S/C18H28O4/c1-21-16-11-10-12-17(15-16)22-14-9-7-5-3-2-4-6-8-13-18(19)20/h10-12,15H,2-9,13-14H2,1H3,(H,19,20). The Morgan fingerprint density at radius 3 is 2.18 bits per heavy atom. The van der Waals surface area contributed by atoms with E-state index < -0.39 is 5.97 Å². The lowest BCUT2D eigenvalue weighted by atomic mass is 10.1. The number of unbranched alkanes of at least 4 members (excludes halogenated alkanes) is 7. The van der Waals surface area contributed by atoms with E-state index in [1.165, 1.54) is 25.7 Å². The fourth-order valence-corrected chi connectivity index (χ4v) is 2.32. The molecule has 0 unspecified atom stereocenters. The molecule has 0 spiro atoms. The number of benzene rings is 1.